The van der Waals surface area contributed by atoms with Crippen molar-refractivity contribution in [3.8, 4) is 0 Å². The van der Waals surface area contributed by atoms with Gasteiger partial charge in [0.25, 0.3) is 0 Å². The summed E-state index contributed by atoms with van der Waals surface area (Å²) in [6.07, 6.45) is 0. The van der Waals surface area contributed by atoms with Gasteiger partial charge in [0.05, 0.1) is 0 Å². The maximum absolute atomic E-state index is 7.36. The third-order valence-corrected chi connectivity index (χ3v) is 1.75. The molecule has 2 N–H and O–H groups in total. The summed E-state index contributed by atoms with van der Waals surface area (Å²) in [5.41, 5.74) is 2.95. The molecule has 1 rings (SSSR count). The van der Waals surface area contributed by atoms with Crippen LogP contribution in [-0.4, -0.2) is 11.4 Å². The van der Waals surface area contributed by atoms with Crippen LogP contribution >= 0.6 is 0 Å². The van der Waals surface area contributed by atoms with Crippen LogP contribution in [0.25, 0.3) is 0 Å². The van der Waals surface area contributed by atoms with Crippen molar-refractivity contribution < 1.29 is 0 Å². The highest BCUT2D eigenvalue weighted by Crippen LogP contribution is 2.05. The van der Waals surface area contributed by atoms with Gasteiger partial charge in [-0.15, -0.1) is 0 Å². The summed E-state index contributed by atoms with van der Waals surface area (Å²) in [6.45, 7) is 3.51. The molecule has 0 aliphatic heterocycles. The number of hydrogen-bond donors (Lipinski definition) is 2. The third-order valence-electron chi connectivity index (χ3n) is 1.75. The van der Waals surface area contributed by atoms with Crippen molar-refractivity contribution in [3.05, 3.63) is 35.4 Å². The van der Waals surface area contributed by atoms with Crippen LogP contribution < -0.4 is 0 Å². The fourth-order valence-electron chi connectivity index (χ4n) is 0.970. The highest BCUT2D eigenvalue weighted by Gasteiger charge is 1.96. The van der Waals surface area contributed by atoms with Gasteiger partial charge in [0, 0.05) is 11.4 Å². The number of hydrogen-bond acceptors (Lipinski definition) is 2. The fraction of sp³-hybridized carbons (Fsp3) is 0.200. The van der Waals surface area contributed by atoms with Gasteiger partial charge in [0.15, 0.2) is 0 Å². The molecular weight excluding hydrogens is 148 g/mol. The average molecular weight is 160 g/mol. The van der Waals surface area contributed by atoms with Crippen LogP contribution in [0, 0.1) is 10.8 Å². The Hall–Kier alpha value is -1.44. The Balaban J connectivity index is 3.01. The van der Waals surface area contributed by atoms with Crippen molar-refractivity contribution in [1.82, 2.24) is 0 Å². The van der Waals surface area contributed by atoms with Crippen LogP contribution in [0.1, 0.15) is 25.0 Å². The van der Waals surface area contributed by atoms with Crippen molar-refractivity contribution in [2.75, 3.05) is 0 Å². The SMILES string of the molecule is CC(=N)c1ccc(C(C)=N)cc1. The Labute approximate surface area is 72.3 Å². The topological polar surface area (TPSA) is 47.7 Å². The lowest BCUT2D eigenvalue weighted by molar-refractivity contribution is 1.43. The van der Waals surface area contributed by atoms with Crippen molar-refractivity contribution >= 4 is 11.4 Å². The van der Waals surface area contributed by atoms with Crippen LogP contribution in [-0.2, 0) is 0 Å². The molecule has 0 unspecified atom stereocenters. The summed E-state index contributed by atoms with van der Waals surface area (Å²) in [6, 6.07) is 7.48. The molecule has 0 saturated carbocycles. The Morgan fingerprint density at radius 3 is 1.25 bits per heavy atom. The molecule has 0 aliphatic carbocycles. The molecule has 0 heterocycles. The Bertz CT molecular complexity index is 276. The highest BCUT2D eigenvalue weighted by atomic mass is 14.4. The molecule has 0 radical (unpaired) electrons. The first-order valence-corrected chi connectivity index (χ1v) is 3.82. The Morgan fingerprint density at radius 2 is 1.08 bits per heavy atom. The Kier molecular flexibility index (Phi) is 2.38. The maximum atomic E-state index is 7.36. The van der Waals surface area contributed by atoms with E-state index in [2.05, 4.69) is 0 Å². The Morgan fingerprint density at radius 1 is 0.833 bits per heavy atom. The molecule has 2 nitrogen and oxygen atoms in total. The van der Waals surface area contributed by atoms with E-state index in [9.17, 15) is 0 Å². The molecule has 0 aromatic heterocycles. The molecule has 62 valence electrons. The van der Waals surface area contributed by atoms with E-state index in [1.165, 1.54) is 0 Å². The summed E-state index contributed by atoms with van der Waals surface area (Å²) < 4.78 is 0. The average Bonchev–Trinajstić information content (AvgIpc) is 2.04. The van der Waals surface area contributed by atoms with Gasteiger partial charge in [0.1, 0.15) is 0 Å². The number of rotatable bonds is 2. The van der Waals surface area contributed by atoms with E-state index in [0.29, 0.717) is 11.4 Å². The second kappa shape index (κ2) is 3.30. The zero-order valence-corrected chi connectivity index (χ0v) is 7.31. The molecule has 0 spiro atoms. The van der Waals surface area contributed by atoms with Gasteiger partial charge in [-0.05, 0) is 25.0 Å². The van der Waals surface area contributed by atoms with Gasteiger partial charge in [-0.2, -0.15) is 0 Å². The van der Waals surface area contributed by atoms with E-state index >= 15 is 0 Å². The minimum absolute atomic E-state index is 0.559. The van der Waals surface area contributed by atoms with Crippen LogP contribution in [0.3, 0.4) is 0 Å². The molecule has 2 heteroatoms. The van der Waals surface area contributed by atoms with Gasteiger partial charge in [-0.1, -0.05) is 24.3 Å². The van der Waals surface area contributed by atoms with E-state index < -0.39 is 0 Å². The van der Waals surface area contributed by atoms with Gasteiger partial charge in [0.2, 0.25) is 0 Å². The van der Waals surface area contributed by atoms with Crippen LogP contribution in [0.15, 0.2) is 24.3 Å². The summed E-state index contributed by atoms with van der Waals surface area (Å²) in [7, 11) is 0. The standard InChI is InChI=1S/C10H12N2/c1-7(11)9-3-5-10(6-4-9)8(2)12/h3-6,11-12H,1-2H3. The lowest BCUT2D eigenvalue weighted by Crippen LogP contribution is -1.95. The smallest absolute Gasteiger partial charge is 0.0355 e. The highest BCUT2D eigenvalue weighted by molar-refractivity contribution is 5.99. The predicted octanol–water partition coefficient (Wildman–Crippen LogP) is 2.46. The first-order valence-electron chi connectivity index (χ1n) is 3.82. The molecule has 0 fully saturated rings. The molecule has 0 saturated heterocycles. The van der Waals surface area contributed by atoms with Gasteiger partial charge >= 0.3 is 0 Å². The predicted molar refractivity (Wildman–Crippen MR) is 51.4 cm³/mol. The molecule has 0 aliphatic rings. The normalized spacial score (nSPS) is 9.50. The number of nitrogens with one attached hydrogen (secondary N) is 2. The summed E-state index contributed by atoms with van der Waals surface area (Å²) >= 11 is 0. The first-order chi connectivity index (χ1) is 5.61. The summed E-state index contributed by atoms with van der Waals surface area (Å²) in [4.78, 5) is 0. The second-order valence-electron chi connectivity index (χ2n) is 2.83. The van der Waals surface area contributed by atoms with Crippen LogP contribution in [0.2, 0.25) is 0 Å². The third kappa shape index (κ3) is 1.78. The van der Waals surface area contributed by atoms with E-state index in [-0.39, 0.29) is 0 Å². The lowest BCUT2D eigenvalue weighted by Gasteiger charge is -2.00. The van der Waals surface area contributed by atoms with Gasteiger partial charge < -0.3 is 10.8 Å². The van der Waals surface area contributed by atoms with E-state index in [4.69, 9.17) is 10.8 Å². The quantitative estimate of drug-likeness (QED) is 0.624. The lowest BCUT2D eigenvalue weighted by atomic mass is 10.1. The molecule has 12 heavy (non-hydrogen) atoms. The molecule has 1 aromatic rings. The van der Waals surface area contributed by atoms with E-state index in [1.807, 2.05) is 24.3 Å². The van der Waals surface area contributed by atoms with Crippen molar-refractivity contribution in [2.45, 2.75) is 13.8 Å². The second-order valence-corrected chi connectivity index (χ2v) is 2.83. The fourth-order valence-corrected chi connectivity index (χ4v) is 0.970. The molecular formula is C10H12N2. The zero-order chi connectivity index (χ0) is 9.14. The van der Waals surface area contributed by atoms with Crippen LogP contribution in [0.4, 0.5) is 0 Å². The van der Waals surface area contributed by atoms with E-state index in [1.54, 1.807) is 13.8 Å². The number of benzene rings is 1. The first kappa shape index (κ1) is 8.65. The van der Waals surface area contributed by atoms with Crippen LogP contribution in [0.5, 0.6) is 0 Å². The largest absolute Gasteiger partial charge is 0.305 e. The molecule has 0 bridgehead atoms. The molecule has 1 aromatic carbocycles. The summed E-state index contributed by atoms with van der Waals surface area (Å²) in [5.74, 6) is 0. The molecule has 0 amide bonds. The minimum atomic E-state index is 0.559. The molecule has 0 atom stereocenters. The zero-order valence-electron chi connectivity index (χ0n) is 7.31. The monoisotopic (exact) mass is 160 g/mol. The minimum Gasteiger partial charge on any atom is -0.305 e. The van der Waals surface area contributed by atoms with Gasteiger partial charge in [-0.25, -0.2) is 0 Å². The summed E-state index contributed by atoms with van der Waals surface area (Å²) in [5, 5.41) is 14.7. The van der Waals surface area contributed by atoms with E-state index in [0.717, 1.165) is 11.1 Å². The van der Waals surface area contributed by atoms with Gasteiger partial charge in [-0.3, -0.25) is 0 Å². The van der Waals surface area contributed by atoms with Crippen molar-refractivity contribution in [1.29, 1.82) is 10.8 Å². The maximum Gasteiger partial charge on any atom is 0.0355 e. The van der Waals surface area contributed by atoms with Crippen molar-refractivity contribution in [2.24, 2.45) is 0 Å². The van der Waals surface area contributed by atoms with Crippen molar-refractivity contribution in [3.63, 3.8) is 0 Å².